The van der Waals surface area contributed by atoms with E-state index in [4.69, 9.17) is 14.2 Å². The number of alkyl carbamates (subject to hydrolysis) is 2. The summed E-state index contributed by atoms with van der Waals surface area (Å²) in [5, 5.41) is 5.34. The first-order chi connectivity index (χ1) is 16.8. The van der Waals surface area contributed by atoms with Gasteiger partial charge in [-0.25, -0.2) is 14.4 Å². The molecule has 0 aliphatic carbocycles. The zero-order chi connectivity index (χ0) is 26.8. The summed E-state index contributed by atoms with van der Waals surface area (Å²) in [6.45, 7) is 12.0. The van der Waals surface area contributed by atoms with Crippen LogP contribution in [0.4, 0.5) is 9.59 Å². The lowest BCUT2D eigenvalue weighted by Crippen LogP contribution is -2.52. The van der Waals surface area contributed by atoms with E-state index in [0.717, 1.165) is 11.6 Å². The third kappa shape index (κ3) is 10.9. The van der Waals surface area contributed by atoms with Crippen LogP contribution in [0.5, 0.6) is 0 Å². The molecular weight excluding hydrogens is 476 g/mol. The van der Waals surface area contributed by atoms with E-state index in [1.165, 1.54) is 0 Å². The summed E-state index contributed by atoms with van der Waals surface area (Å²) in [6.07, 6.45) is -1.53. The molecule has 0 radical (unpaired) electrons. The van der Waals surface area contributed by atoms with E-state index in [1.54, 1.807) is 45.0 Å². The highest BCUT2D eigenvalue weighted by atomic mass is 28.3. The molecule has 0 unspecified atom stereocenters. The molecule has 2 aromatic rings. The molecule has 196 valence electrons. The van der Waals surface area contributed by atoms with E-state index in [1.807, 2.05) is 36.4 Å². The largest absolute Gasteiger partial charge is 0.464 e. The van der Waals surface area contributed by atoms with Gasteiger partial charge in [-0.3, -0.25) is 0 Å². The fourth-order valence-corrected chi connectivity index (χ4v) is 3.89. The fourth-order valence-electron chi connectivity index (χ4n) is 3.17. The Bertz CT molecular complexity index is 987. The molecule has 2 N–H and O–H groups in total. The molecule has 2 atom stereocenters. The summed E-state index contributed by atoms with van der Waals surface area (Å²) >= 11 is 0. The first-order valence-corrected chi connectivity index (χ1v) is 15.7. The molecule has 0 aromatic heterocycles. The highest BCUT2D eigenvalue weighted by Crippen LogP contribution is 2.21. The van der Waals surface area contributed by atoms with Crippen LogP contribution in [0.1, 0.15) is 37.9 Å². The second kappa shape index (κ2) is 13.1. The van der Waals surface area contributed by atoms with Crippen molar-refractivity contribution in [2.75, 3.05) is 6.61 Å². The van der Waals surface area contributed by atoms with Crippen LogP contribution in [0.3, 0.4) is 0 Å². The van der Waals surface area contributed by atoms with E-state index in [9.17, 15) is 14.4 Å². The van der Waals surface area contributed by atoms with Crippen LogP contribution < -0.4 is 10.6 Å². The SMILES string of the molecule is CC(C)(C)OC(=O)N[C@@H](c1ccccc1)[C@@H](NC(=O)OCc1ccccc1)C(=O)OCC[Si](C)(C)C. The third-order valence-electron chi connectivity index (χ3n) is 5.00. The predicted octanol–water partition coefficient (Wildman–Crippen LogP) is 5.43. The lowest BCUT2D eigenvalue weighted by molar-refractivity contribution is -0.146. The number of benzene rings is 2. The maximum atomic E-state index is 13.3. The van der Waals surface area contributed by atoms with Crippen LogP contribution in [-0.4, -0.2) is 44.5 Å². The summed E-state index contributed by atoms with van der Waals surface area (Å²) in [6, 6.07) is 16.6. The predicted molar refractivity (Wildman–Crippen MR) is 141 cm³/mol. The molecule has 9 heteroatoms. The Morgan fingerprint density at radius 2 is 1.42 bits per heavy atom. The minimum Gasteiger partial charge on any atom is -0.464 e. The highest BCUT2D eigenvalue weighted by molar-refractivity contribution is 6.76. The Morgan fingerprint density at radius 1 is 0.833 bits per heavy atom. The van der Waals surface area contributed by atoms with Crippen molar-refractivity contribution in [1.82, 2.24) is 10.6 Å². The van der Waals surface area contributed by atoms with E-state index >= 15 is 0 Å². The number of hydrogen-bond acceptors (Lipinski definition) is 6. The van der Waals surface area contributed by atoms with Crippen molar-refractivity contribution in [1.29, 1.82) is 0 Å². The Hall–Kier alpha value is -3.33. The Kier molecular flexibility index (Phi) is 10.5. The quantitative estimate of drug-likeness (QED) is 0.249. The van der Waals surface area contributed by atoms with Gasteiger partial charge in [-0.15, -0.1) is 0 Å². The summed E-state index contributed by atoms with van der Waals surface area (Å²) < 4.78 is 16.3. The summed E-state index contributed by atoms with van der Waals surface area (Å²) in [4.78, 5) is 38.7. The Balaban J connectivity index is 2.27. The zero-order valence-electron chi connectivity index (χ0n) is 22.0. The van der Waals surface area contributed by atoms with Gasteiger partial charge in [-0.2, -0.15) is 0 Å². The van der Waals surface area contributed by atoms with Gasteiger partial charge in [-0.05, 0) is 37.9 Å². The van der Waals surface area contributed by atoms with Crippen molar-refractivity contribution >= 4 is 26.2 Å². The van der Waals surface area contributed by atoms with E-state index in [0.29, 0.717) is 5.56 Å². The molecule has 0 bridgehead atoms. The molecule has 0 aliphatic heterocycles. The van der Waals surface area contributed by atoms with Gasteiger partial charge in [-0.1, -0.05) is 80.3 Å². The van der Waals surface area contributed by atoms with Crippen molar-refractivity contribution in [3.05, 3.63) is 71.8 Å². The average molecular weight is 515 g/mol. The van der Waals surface area contributed by atoms with Crippen molar-refractivity contribution in [2.24, 2.45) is 0 Å². The first kappa shape index (κ1) is 28.9. The van der Waals surface area contributed by atoms with Gasteiger partial charge in [0.15, 0.2) is 6.04 Å². The molecule has 36 heavy (non-hydrogen) atoms. The number of ether oxygens (including phenoxy) is 3. The Morgan fingerprint density at radius 3 is 1.97 bits per heavy atom. The molecule has 0 saturated carbocycles. The standard InChI is InChI=1S/C27H38N2O6Si/c1-27(2,3)35-26(32)28-22(21-15-11-8-12-16-21)23(24(30)33-17-18-36(4,5)6)29-25(31)34-19-20-13-9-7-10-14-20/h7-16,22-23H,17-19H2,1-6H3,(H,28,32)(H,29,31)/t22-,23+/m0/s1. The van der Waals surface area contributed by atoms with Crippen molar-refractivity contribution in [3.8, 4) is 0 Å². The van der Waals surface area contributed by atoms with Gasteiger partial charge < -0.3 is 24.8 Å². The minimum absolute atomic E-state index is 0.0273. The van der Waals surface area contributed by atoms with Crippen LogP contribution in [0, 0.1) is 0 Å². The number of nitrogens with one attached hydrogen (secondary N) is 2. The average Bonchev–Trinajstić information content (AvgIpc) is 2.79. The number of amides is 2. The second-order valence-electron chi connectivity index (χ2n) is 10.7. The number of carbonyl (C=O) groups excluding carboxylic acids is 3. The van der Waals surface area contributed by atoms with Gasteiger partial charge in [0.25, 0.3) is 0 Å². The molecule has 0 saturated heterocycles. The highest BCUT2D eigenvalue weighted by Gasteiger charge is 2.35. The lowest BCUT2D eigenvalue weighted by atomic mass is 9.99. The topological polar surface area (TPSA) is 103 Å². The molecule has 2 amide bonds. The monoisotopic (exact) mass is 514 g/mol. The Labute approximate surface area is 214 Å². The van der Waals surface area contributed by atoms with Gasteiger partial charge in [0, 0.05) is 8.07 Å². The van der Waals surface area contributed by atoms with Gasteiger partial charge >= 0.3 is 18.2 Å². The van der Waals surface area contributed by atoms with E-state index in [-0.39, 0.29) is 13.2 Å². The normalized spacial score (nSPS) is 13.2. The fraction of sp³-hybridized carbons (Fsp3) is 0.444. The minimum atomic E-state index is -1.46. The smallest absolute Gasteiger partial charge is 0.408 e. The number of carbonyl (C=O) groups is 3. The number of hydrogen-bond donors (Lipinski definition) is 2. The van der Waals surface area contributed by atoms with Gasteiger partial charge in [0.05, 0.1) is 12.6 Å². The molecule has 0 heterocycles. The van der Waals surface area contributed by atoms with Gasteiger partial charge in [0.1, 0.15) is 12.2 Å². The molecule has 2 rings (SSSR count). The van der Waals surface area contributed by atoms with Crippen molar-refractivity contribution < 1.29 is 28.6 Å². The molecule has 0 spiro atoms. The molecule has 0 fully saturated rings. The number of esters is 1. The lowest BCUT2D eigenvalue weighted by Gasteiger charge is -2.29. The third-order valence-corrected chi connectivity index (χ3v) is 6.70. The zero-order valence-corrected chi connectivity index (χ0v) is 23.0. The van der Waals surface area contributed by atoms with E-state index < -0.39 is 43.9 Å². The summed E-state index contributed by atoms with van der Waals surface area (Å²) in [7, 11) is -1.46. The van der Waals surface area contributed by atoms with Crippen molar-refractivity contribution in [3.63, 3.8) is 0 Å². The number of rotatable bonds is 10. The van der Waals surface area contributed by atoms with E-state index in [2.05, 4.69) is 30.3 Å². The van der Waals surface area contributed by atoms with Crippen LogP contribution >= 0.6 is 0 Å². The maximum absolute atomic E-state index is 13.3. The molecule has 0 aliphatic rings. The van der Waals surface area contributed by atoms with Crippen LogP contribution in [0.15, 0.2) is 60.7 Å². The second-order valence-corrected chi connectivity index (χ2v) is 16.3. The van der Waals surface area contributed by atoms with Crippen LogP contribution in [0.2, 0.25) is 25.7 Å². The summed E-state index contributed by atoms with van der Waals surface area (Å²) in [5.74, 6) is -0.671. The van der Waals surface area contributed by atoms with Crippen LogP contribution in [0.25, 0.3) is 0 Å². The molecular formula is C27H38N2O6Si. The first-order valence-electron chi connectivity index (χ1n) is 12.0. The summed E-state index contributed by atoms with van der Waals surface area (Å²) in [5.41, 5.74) is 0.646. The molecule has 8 nitrogen and oxygen atoms in total. The van der Waals surface area contributed by atoms with Gasteiger partial charge in [0.2, 0.25) is 0 Å². The van der Waals surface area contributed by atoms with Crippen LogP contribution in [-0.2, 0) is 25.6 Å². The van der Waals surface area contributed by atoms with Crippen molar-refractivity contribution in [2.45, 2.75) is 70.7 Å². The maximum Gasteiger partial charge on any atom is 0.408 e. The molecule has 2 aromatic carbocycles.